The predicted molar refractivity (Wildman–Crippen MR) is 146 cm³/mol. The third kappa shape index (κ3) is 9.60. The van der Waals surface area contributed by atoms with Crippen molar-refractivity contribution in [2.45, 2.75) is 45.7 Å². The van der Waals surface area contributed by atoms with E-state index in [1.54, 1.807) is 30.3 Å². The van der Waals surface area contributed by atoms with Crippen LogP contribution in [0.25, 0.3) is 0 Å². The van der Waals surface area contributed by atoms with Crippen LogP contribution in [0.3, 0.4) is 0 Å². The van der Waals surface area contributed by atoms with Crippen molar-refractivity contribution in [1.29, 1.82) is 0 Å². The fourth-order valence-corrected chi connectivity index (χ4v) is 4.65. The molecular formula is C28H41N5O7. The zero-order chi connectivity index (χ0) is 29.1. The summed E-state index contributed by atoms with van der Waals surface area (Å²) in [6, 6.07) is 7.19. The van der Waals surface area contributed by atoms with Crippen LogP contribution in [0.1, 0.15) is 44.0 Å². The Balaban J connectivity index is 1.72. The Kier molecular flexibility index (Phi) is 11.4. The number of benzene rings is 1. The lowest BCUT2D eigenvalue weighted by atomic mass is 9.91. The maximum absolute atomic E-state index is 13.5. The number of hydrogen-bond donors (Lipinski definition) is 3. The first-order valence-electron chi connectivity index (χ1n) is 13.7. The van der Waals surface area contributed by atoms with E-state index in [1.807, 2.05) is 20.8 Å². The van der Waals surface area contributed by atoms with Crippen LogP contribution >= 0.6 is 0 Å². The molecule has 0 aliphatic carbocycles. The molecule has 3 rings (SSSR count). The van der Waals surface area contributed by atoms with Gasteiger partial charge in [0.25, 0.3) is 5.91 Å². The van der Waals surface area contributed by atoms with E-state index in [9.17, 15) is 24.0 Å². The van der Waals surface area contributed by atoms with Gasteiger partial charge in [0, 0.05) is 38.2 Å². The first kappa shape index (κ1) is 31.0. The maximum Gasteiger partial charge on any atom is 0.251 e. The number of rotatable bonds is 6. The highest BCUT2D eigenvalue weighted by Crippen LogP contribution is 2.22. The van der Waals surface area contributed by atoms with Crippen molar-refractivity contribution in [3.63, 3.8) is 0 Å². The Morgan fingerprint density at radius 2 is 1.75 bits per heavy atom. The summed E-state index contributed by atoms with van der Waals surface area (Å²) in [4.78, 5) is 67.5. The van der Waals surface area contributed by atoms with Crippen molar-refractivity contribution in [2.24, 2.45) is 5.41 Å². The molecule has 3 N–H and O–H groups in total. The molecule has 0 spiro atoms. The molecule has 2 atom stereocenters. The first-order chi connectivity index (χ1) is 19.0. The largest absolute Gasteiger partial charge is 0.377 e. The minimum Gasteiger partial charge on any atom is -0.377 e. The van der Waals surface area contributed by atoms with E-state index in [2.05, 4.69) is 16.0 Å². The third-order valence-electron chi connectivity index (χ3n) is 6.55. The normalized spacial score (nSPS) is 21.6. The van der Waals surface area contributed by atoms with Gasteiger partial charge in [-0.1, -0.05) is 39.0 Å². The standard InChI is InChI=1S/C28H41N5O7/c1-28(2,3)17-22(34)31-21-9-12-33-23(35)18-32(13-10-29-26(37)20-7-5-4-6-8-20)24(36)19-40-16-15-39-14-11-30-27(38)25(21)33/h4-8,21,25H,9-19H2,1-3H3,(H,29,37)(H,30,38)(H,31,34)/t21-,25+/m1/s1. The van der Waals surface area contributed by atoms with Crippen LogP contribution in [0.15, 0.2) is 30.3 Å². The van der Waals surface area contributed by atoms with Crippen molar-refractivity contribution in [3.05, 3.63) is 35.9 Å². The number of carbonyl (C=O) groups is 5. The summed E-state index contributed by atoms with van der Waals surface area (Å²) < 4.78 is 10.9. The van der Waals surface area contributed by atoms with Crippen LogP contribution in [0.4, 0.5) is 0 Å². The van der Waals surface area contributed by atoms with E-state index in [0.717, 1.165) is 0 Å². The molecule has 2 fully saturated rings. The molecule has 5 amide bonds. The van der Waals surface area contributed by atoms with Gasteiger partial charge in [0.1, 0.15) is 12.6 Å². The second-order valence-electron chi connectivity index (χ2n) is 11.1. The number of carbonyl (C=O) groups excluding carboxylic acids is 5. The van der Waals surface area contributed by atoms with Crippen LogP contribution in [0.2, 0.25) is 0 Å². The molecule has 1 aromatic rings. The van der Waals surface area contributed by atoms with Crippen molar-refractivity contribution < 1.29 is 33.4 Å². The average Bonchev–Trinajstić information content (AvgIpc) is 3.31. The highest BCUT2D eigenvalue weighted by Gasteiger charge is 2.43. The van der Waals surface area contributed by atoms with Gasteiger partial charge in [-0.3, -0.25) is 24.0 Å². The Morgan fingerprint density at radius 1 is 1.02 bits per heavy atom. The average molecular weight is 560 g/mol. The van der Waals surface area contributed by atoms with Crippen LogP contribution in [-0.2, 0) is 28.7 Å². The molecular weight excluding hydrogens is 518 g/mol. The Labute approximate surface area is 235 Å². The lowest BCUT2D eigenvalue weighted by Gasteiger charge is -2.30. The van der Waals surface area contributed by atoms with Gasteiger partial charge in [-0.25, -0.2) is 0 Å². The molecule has 2 heterocycles. The first-order valence-corrected chi connectivity index (χ1v) is 13.7. The Bertz CT molecular complexity index is 1040. The SMILES string of the molecule is CC(C)(C)CC(=O)N[C@@H]1CCN2C(=O)CN(CCNC(=O)c3ccccc3)C(=O)COCCOCCNC(=O)[C@H]12. The topological polar surface area (TPSA) is 146 Å². The molecule has 0 aromatic heterocycles. The number of amides is 5. The molecule has 0 radical (unpaired) electrons. The number of hydrogen-bond acceptors (Lipinski definition) is 7. The molecule has 2 aliphatic rings. The number of nitrogens with one attached hydrogen (secondary N) is 3. The van der Waals surface area contributed by atoms with E-state index in [0.29, 0.717) is 12.0 Å². The minimum absolute atomic E-state index is 0.0689. The molecule has 40 heavy (non-hydrogen) atoms. The molecule has 12 heteroatoms. The van der Waals surface area contributed by atoms with Crippen molar-refractivity contribution >= 4 is 29.5 Å². The fourth-order valence-electron chi connectivity index (χ4n) is 4.65. The number of ether oxygens (including phenoxy) is 2. The molecule has 2 saturated heterocycles. The Hall–Kier alpha value is -3.51. The monoisotopic (exact) mass is 559 g/mol. The second-order valence-corrected chi connectivity index (χ2v) is 11.1. The molecule has 12 nitrogen and oxygen atoms in total. The zero-order valence-electron chi connectivity index (χ0n) is 23.6. The van der Waals surface area contributed by atoms with Gasteiger partial charge in [-0.2, -0.15) is 0 Å². The minimum atomic E-state index is -0.924. The van der Waals surface area contributed by atoms with Crippen LogP contribution in [0.5, 0.6) is 0 Å². The summed E-state index contributed by atoms with van der Waals surface area (Å²) in [6.07, 6.45) is 0.678. The van der Waals surface area contributed by atoms with Crippen molar-refractivity contribution in [3.8, 4) is 0 Å². The number of fused-ring (bicyclic) bond motifs is 1. The van der Waals surface area contributed by atoms with Crippen LogP contribution in [0, 0.1) is 5.41 Å². The number of nitrogens with zero attached hydrogens (tertiary/aromatic N) is 2. The quantitative estimate of drug-likeness (QED) is 0.442. The van der Waals surface area contributed by atoms with Crippen LogP contribution in [-0.4, -0.2) is 111 Å². The molecule has 0 bridgehead atoms. The molecule has 0 unspecified atom stereocenters. The van der Waals surface area contributed by atoms with Gasteiger partial charge in [0.2, 0.25) is 23.6 Å². The van der Waals surface area contributed by atoms with E-state index in [1.165, 1.54) is 9.80 Å². The van der Waals surface area contributed by atoms with Gasteiger partial charge in [0.15, 0.2) is 0 Å². The summed E-state index contributed by atoms with van der Waals surface area (Å²) in [5, 5.41) is 8.50. The maximum atomic E-state index is 13.5. The summed E-state index contributed by atoms with van der Waals surface area (Å²) >= 11 is 0. The fraction of sp³-hybridized carbons (Fsp3) is 0.607. The summed E-state index contributed by atoms with van der Waals surface area (Å²) in [6.45, 7) is 6.59. The van der Waals surface area contributed by atoms with Crippen molar-refractivity contribution in [1.82, 2.24) is 25.8 Å². The lowest BCUT2D eigenvalue weighted by Crippen LogP contribution is -2.57. The predicted octanol–water partition coefficient (Wildman–Crippen LogP) is -0.0701. The second kappa shape index (κ2) is 14.8. The Morgan fingerprint density at radius 3 is 2.48 bits per heavy atom. The molecule has 220 valence electrons. The zero-order valence-corrected chi connectivity index (χ0v) is 23.6. The van der Waals surface area contributed by atoms with Gasteiger partial charge in [-0.05, 0) is 24.0 Å². The lowest BCUT2D eigenvalue weighted by molar-refractivity contribution is -0.145. The van der Waals surface area contributed by atoms with Gasteiger partial charge in [0.05, 0.1) is 32.4 Å². The summed E-state index contributed by atoms with van der Waals surface area (Å²) in [7, 11) is 0. The molecule has 1 aromatic carbocycles. The van der Waals surface area contributed by atoms with E-state index >= 15 is 0 Å². The third-order valence-corrected chi connectivity index (χ3v) is 6.55. The van der Waals surface area contributed by atoms with E-state index in [-0.39, 0.29) is 82.8 Å². The summed E-state index contributed by atoms with van der Waals surface area (Å²) in [5.74, 6) is -1.73. The van der Waals surface area contributed by atoms with E-state index < -0.39 is 29.8 Å². The van der Waals surface area contributed by atoms with Crippen LogP contribution < -0.4 is 16.0 Å². The van der Waals surface area contributed by atoms with Gasteiger partial charge in [-0.15, -0.1) is 0 Å². The van der Waals surface area contributed by atoms with Gasteiger partial charge >= 0.3 is 0 Å². The van der Waals surface area contributed by atoms with E-state index in [4.69, 9.17) is 9.47 Å². The van der Waals surface area contributed by atoms with Crippen molar-refractivity contribution in [2.75, 3.05) is 59.2 Å². The highest BCUT2D eigenvalue weighted by atomic mass is 16.5. The molecule has 2 aliphatic heterocycles. The smallest absolute Gasteiger partial charge is 0.251 e. The van der Waals surface area contributed by atoms with Gasteiger partial charge < -0.3 is 35.2 Å². The summed E-state index contributed by atoms with van der Waals surface area (Å²) in [5.41, 5.74) is 0.245. The highest BCUT2D eigenvalue weighted by molar-refractivity contribution is 5.94. The molecule has 0 saturated carbocycles.